The molecule has 2 aromatic rings. The second-order valence-electron chi connectivity index (χ2n) is 6.82. The van der Waals surface area contributed by atoms with E-state index < -0.39 is 0 Å². The molecular weight excluding hydrogens is 298 g/mol. The van der Waals surface area contributed by atoms with E-state index in [9.17, 15) is 4.79 Å². The van der Waals surface area contributed by atoms with E-state index in [4.69, 9.17) is 0 Å². The Morgan fingerprint density at radius 1 is 1.17 bits per heavy atom. The number of pyridine rings is 1. The first-order valence-electron chi connectivity index (χ1n) is 8.81. The van der Waals surface area contributed by atoms with Gasteiger partial charge in [-0.25, -0.2) is 4.79 Å². The summed E-state index contributed by atoms with van der Waals surface area (Å²) in [7, 11) is 0. The molecule has 1 aliphatic carbocycles. The SMILES string of the molecule is O=C(NCc1ccccn1)N1CC2CCCCC21c1ccccc1. The third-order valence-electron chi connectivity index (χ3n) is 5.59. The molecule has 0 spiro atoms. The largest absolute Gasteiger partial charge is 0.332 e. The number of amides is 2. The van der Waals surface area contributed by atoms with Gasteiger partial charge in [0.15, 0.2) is 0 Å². The highest BCUT2D eigenvalue weighted by atomic mass is 16.2. The Bertz CT molecular complexity index is 703. The van der Waals surface area contributed by atoms with Crippen LogP contribution in [0.1, 0.15) is 36.9 Å². The van der Waals surface area contributed by atoms with Gasteiger partial charge in [0.1, 0.15) is 0 Å². The number of nitrogens with one attached hydrogen (secondary N) is 1. The van der Waals surface area contributed by atoms with Crippen LogP contribution in [0.2, 0.25) is 0 Å². The van der Waals surface area contributed by atoms with Gasteiger partial charge in [0.25, 0.3) is 0 Å². The average molecular weight is 321 g/mol. The number of nitrogens with zero attached hydrogens (tertiary/aromatic N) is 2. The number of carbonyl (C=O) groups excluding carboxylic acids is 1. The monoisotopic (exact) mass is 321 g/mol. The highest BCUT2D eigenvalue weighted by Gasteiger charge is 2.56. The molecule has 1 saturated heterocycles. The molecule has 2 atom stereocenters. The van der Waals surface area contributed by atoms with Gasteiger partial charge in [-0.1, -0.05) is 49.2 Å². The van der Waals surface area contributed by atoms with Gasteiger partial charge in [-0.05, 0) is 30.5 Å². The Hall–Kier alpha value is -2.36. The maximum atomic E-state index is 12.8. The zero-order valence-corrected chi connectivity index (χ0v) is 13.8. The predicted octanol–water partition coefficient (Wildman–Crippen LogP) is 3.69. The van der Waals surface area contributed by atoms with Gasteiger partial charge in [0.2, 0.25) is 0 Å². The fourth-order valence-electron chi connectivity index (χ4n) is 4.39. The number of fused-ring (bicyclic) bond motifs is 1. The van der Waals surface area contributed by atoms with Crippen LogP contribution in [0.15, 0.2) is 54.7 Å². The molecule has 2 unspecified atom stereocenters. The minimum Gasteiger partial charge on any atom is -0.332 e. The number of benzene rings is 1. The summed E-state index contributed by atoms with van der Waals surface area (Å²) in [4.78, 5) is 19.1. The molecule has 1 aliphatic heterocycles. The van der Waals surface area contributed by atoms with Crippen LogP contribution in [0.3, 0.4) is 0 Å². The van der Waals surface area contributed by atoms with Crippen molar-refractivity contribution in [3.8, 4) is 0 Å². The fourth-order valence-corrected chi connectivity index (χ4v) is 4.39. The van der Waals surface area contributed by atoms with Crippen LogP contribution in [0.5, 0.6) is 0 Å². The van der Waals surface area contributed by atoms with Crippen molar-refractivity contribution in [2.75, 3.05) is 6.54 Å². The summed E-state index contributed by atoms with van der Waals surface area (Å²) in [5.41, 5.74) is 2.07. The highest BCUT2D eigenvalue weighted by Crippen LogP contribution is 2.53. The lowest BCUT2D eigenvalue weighted by Crippen LogP contribution is -2.69. The summed E-state index contributed by atoms with van der Waals surface area (Å²) in [5.74, 6) is 0.592. The van der Waals surface area contributed by atoms with Crippen LogP contribution < -0.4 is 5.32 Å². The first-order valence-corrected chi connectivity index (χ1v) is 8.81. The summed E-state index contributed by atoms with van der Waals surface area (Å²) in [5, 5.41) is 3.05. The Morgan fingerprint density at radius 2 is 2.00 bits per heavy atom. The van der Waals surface area contributed by atoms with Crippen molar-refractivity contribution in [1.29, 1.82) is 0 Å². The van der Waals surface area contributed by atoms with E-state index in [0.29, 0.717) is 12.5 Å². The molecule has 1 N–H and O–H groups in total. The summed E-state index contributed by atoms with van der Waals surface area (Å²) in [6, 6.07) is 16.4. The highest BCUT2D eigenvalue weighted by molar-refractivity contribution is 5.77. The van der Waals surface area contributed by atoms with Crippen LogP contribution in [-0.4, -0.2) is 22.5 Å². The van der Waals surface area contributed by atoms with Gasteiger partial charge in [0, 0.05) is 18.7 Å². The quantitative estimate of drug-likeness (QED) is 0.937. The predicted molar refractivity (Wildman–Crippen MR) is 93.3 cm³/mol. The first kappa shape index (κ1) is 15.2. The molecule has 24 heavy (non-hydrogen) atoms. The van der Waals surface area contributed by atoms with Crippen molar-refractivity contribution in [2.24, 2.45) is 5.92 Å². The summed E-state index contributed by atoms with van der Waals surface area (Å²) in [6.45, 7) is 1.34. The van der Waals surface area contributed by atoms with Crippen LogP contribution in [0, 0.1) is 5.92 Å². The molecular formula is C20H23N3O. The van der Waals surface area contributed by atoms with Gasteiger partial charge in [0.05, 0.1) is 17.8 Å². The van der Waals surface area contributed by atoms with Gasteiger partial charge in [-0.15, -0.1) is 0 Å². The van der Waals surface area contributed by atoms with Crippen molar-refractivity contribution in [3.05, 3.63) is 66.0 Å². The zero-order valence-electron chi connectivity index (χ0n) is 13.8. The minimum atomic E-state index is -0.103. The van der Waals surface area contributed by atoms with E-state index >= 15 is 0 Å². The van der Waals surface area contributed by atoms with E-state index in [1.54, 1.807) is 6.20 Å². The summed E-state index contributed by atoms with van der Waals surface area (Å²) >= 11 is 0. The van der Waals surface area contributed by atoms with Crippen molar-refractivity contribution in [1.82, 2.24) is 15.2 Å². The van der Waals surface area contributed by atoms with E-state index in [0.717, 1.165) is 18.7 Å². The van der Waals surface area contributed by atoms with E-state index in [1.165, 1.54) is 24.8 Å². The molecule has 4 nitrogen and oxygen atoms in total. The van der Waals surface area contributed by atoms with Crippen molar-refractivity contribution in [2.45, 2.75) is 37.8 Å². The van der Waals surface area contributed by atoms with Gasteiger partial charge < -0.3 is 10.2 Å². The number of hydrogen-bond donors (Lipinski definition) is 1. The number of urea groups is 1. The minimum absolute atomic E-state index is 0.0302. The van der Waals surface area contributed by atoms with Crippen molar-refractivity contribution in [3.63, 3.8) is 0 Å². The topological polar surface area (TPSA) is 45.2 Å². The molecule has 4 heteroatoms. The Balaban J connectivity index is 1.53. The lowest BCUT2D eigenvalue weighted by Gasteiger charge is -2.61. The van der Waals surface area contributed by atoms with Crippen LogP contribution in [0.4, 0.5) is 4.79 Å². The van der Waals surface area contributed by atoms with Crippen LogP contribution in [0.25, 0.3) is 0 Å². The Morgan fingerprint density at radius 3 is 2.75 bits per heavy atom. The van der Waals surface area contributed by atoms with Crippen molar-refractivity contribution < 1.29 is 4.79 Å². The molecule has 4 rings (SSSR count). The van der Waals surface area contributed by atoms with E-state index in [2.05, 4.69) is 39.5 Å². The van der Waals surface area contributed by atoms with Crippen LogP contribution >= 0.6 is 0 Å². The third kappa shape index (κ3) is 2.46. The maximum absolute atomic E-state index is 12.8. The van der Waals surface area contributed by atoms with Gasteiger partial charge in [-0.3, -0.25) is 4.98 Å². The standard InChI is InChI=1S/C20H23N3O/c24-19(22-14-18-11-5-7-13-21-18)23-15-17-10-4-6-12-20(17,23)16-8-2-1-3-9-16/h1-3,5,7-9,11,13,17H,4,6,10,12,14-15H2,(H,22,24). The molecule has 1 aromatic heterocycles. The maximum Gasteiger partial charge on any atom is 0.318 e. The second kappa shape index (κ2) is 6.27. The van der Waals surface area contributed by atoms with Gasteiger partial charge >= 0.3 is 6.03 Å². The summed E-state index contributed by atoms with van der Waals surface area (Å²) in [6.07, 6.45) is 6.52. The zero-order chi connectivity index (χ0) is 16.4. The number of rotatable bonds is 3. The fraction of sp³-hybridized carbons (Fsp3) is 0.400. The molecule has 0 bridgehead atoms. The van der Waals surface area contributed by atoms with E-state index in [1.807, 2.05) is 24.3 Å². The lowest BCUT2D eigenvalue weighted by molar-refractivity contribution is -0.0794. The normalized spacial score (nSPS) is 25.5. The Kier molecular flexibility index (Phi) is 3.97. The number of hydrogen-bond acceptors (Lipinski definition) is 2. The Labute approximate surface area is 142 Å². The molecule has 124 valence electrons. The van der Waals surface area contributed by atoms with Crippen LogP contribution in [-0.2, 0) is 12.1 Å². The molecule has 2 amide bonds. The number of carbonyl (C=O) groups is 1. The average Bonchev–Trinajstić information content (AvgIpc) is 2.63. The van der Waals surface area contributed by atoms with Gasteiger partial charge in [-0.2, -0.15) is 0 Å². The lowest BCUT2D eigenvalue weighted by atomic mass is 9.62. The summed E-state index contributed by atoms with van der Waals surface area (Å²) < 4.78 is 0. The number of likely N-dealkylation sites (tertiary alicyclic amines) is 1. The number of aromatic nitrogens is 1. The molecule has 2 aliphatic rings. The molecule has 2 fully saturated rings. The second-order valence-corrected chi connectivity index (χ2v) is 6.82. The first-order chi connectivity index (χ1) is 11.8. The van der Waals surface area contributed by atoms with E-state index in [-0.39, 0.29) is 11.6 Å². The smallest absolute Gasteiger partial charge is 0.318 e. The molecule has 2 heterocycles. The molecule has 1 saturated carbocycles. The van der Waals surface area contributed by atoms with Crippen molar-refractivity contribution >= 4 is 6.03 Å². The third-order valence-corrected chi connectivity index (χ3v) is 5.59. The molecule has 1 aromatic carbocycles. The molecule has 0 radical (unpaired) electrons.